The van der Waals surface area contributed by atoms with Crippen LogP contribution in [0.5, 0.6) is 0 Å². The van der Waals surface area contributed by atoms with E-state index in [1.165, 1.54) is 5.56 Å². The van der Waals surface area contributed by atoms with Crippen LogP contribution in [0, 0.1) is 5.92 Å². The van der Waals surface area contributed by atoms with Crippen molar-refractivity contribution >= 4 is 0 Å². The van der Waals surface area contributed by atoms with Crippen LogP contribution in [0.4, 0.5) is 0 Å². The summed E-state index contributed by atoms with van der Waals surface area (Å²) in [5, 5.41) is 10.4. The first-order valence-electron chi connectivity index (χ1n) is 7.74. The van der Waals surface area contributed by atoms with Gasteiger partial charge in [-0.2, -0.15) is 0 Å². The smallest absolute Gasteiger partial charge is 0.0917 e. The highest BCUT2D eigenvalue weighted by Crippen LogP contribution is 2.22. The van der Waals surface area contributed by atoms with Crippen molar-refractivity contribution in [1.29, 1.82) is 0 Å². The lowest BCUT2D eigenvalue weighted by molar-refractivity contribution is 0.0686. The van der Waals surface area contributed by atoms with Crippen LogP contribution >= 0.6 is 0 Å². The number of hydrogen-bond acceptors (Lipinski definition) is 2. The summed E-state index contributed by atoms with van der Waals surface area (Å²) in [5.41, 5.74) is 2.48. The minimum Gasteiger partial charge on any atom is -0.387 e. The topological polar surface area (TPSA) is 23.5 Å². The van der Waals surface area contributed by atoms with Gasteiger partial charge in [0.25, 0.3) is 0 Å². The molecule has 0 saturated carbocycles. The molecule has 0 aliphatic carbocycles. The van der Waals surface area contributed by atoms with E-state index in [9.17, 15) is 5.11 Å². The minimum absolute atomic E-state index is 0.124. The lowest BCUT2D eigenvalue weighted by Gasteiger charge is -2.36. The van der Waals surface area contributed by atoms with Crippen LogP contribution < -0.4 is 0 Å². The molecule has 0 radical (unpaired) electrons. The average molecular weight is 277 g/mol. The molecule has 2 nitrogen and oxygen atoms in total. The summed E-state index contributed by atoms with van der Waals surface area (Å²) in [4.78, 5) is 2.24. The molecule has 0 aromatic heterocycles. The van der Waals surface area contributed by atoms with Crippen molar-refractivity contribution in [3.8, 4) is 0 Å². The van der Waals surface area contributed by atoms with Gasteiger partial charge in [-0.25, -0.2) is 0 Å². The lowest BCUT2D eigenvalue weighted by Crippen LogP contribution is -2.42. The number of benzene rings is 1. The monoisotopic (exact) mass is 277 g/mol. The molecule has 1 N–H and O–H groups in total. The summed E-state index contributed by atoms with van der Waals surface area (Å²) < 4.78 is 0. The predicted octanol–water partition coefficient (Wildman–Crippen LogP) is 4.04. The molecule has 114 valence electrons. The molecule has 1 aromatic carbocycles. The van der Waals surface area contributed by atoms with Crippen LogP contribution in [0.1, 0.15) is 58.3 Å². The SMILES string of the molecule is CCC(C)(C)N(C)CC(O)c1ccc(CC(C)C)cc1. The molecule has 0 heterocycles. The van der Waals surface area contributed by atoms with Crippen LogP contribution in [0.3, 0.4) is 0 Å². The number of aliphatic hydroxyl groups excluding tert-OH is 1. The maximum atomic E-state index is 10.4. The van der Waals surface area contributed by atoms with Crippen LogP contribution in [-0.4, -0.2) is 29.1 Å². The molecule has 1 unspecified atom stereocenters. The first-order chi connectivity index (χ1) is 9.26. The van der Waals surface area contributed by atoms with Crippen LogP contribution in [-0.2, 0) is 6.42 Å². The second-order valence-corrected chi connectivity index (χ2v) is 6.90. The van der Waals surface area contributed by atoms with Gasteiger partial charge in [0.2, 0.25) is 0 Å². The first-order valence-corrected chi connectivity index (χ1v) is 7.74. The second-order valence-electron chi connectivity index (χ2n) is 6.90. The number of rotatable bonds is 7. The zero-order valence-corrected chi connectivity index (χ0v) is 14.0. The van der Waals surface area contributed by atoms with E-state index in [0.29, 0.717) is 12.5 Å². The van der Waals surface area contributed by atoms with Crippen molar-refractivity contribution in [3.63, 3.8) is 0 Å². The van der Waals surface area contributed by atoms with E-state index in [4.69, 9.17) is 0 Å². The third kappa shape index (κ3) is 4.92. The zero-order valence-electron chi connectivity index (χ0n) is 14.0. The van der Waals surface area contributed by atoms with E-state index in [0.717, 1.165) is 18.4 Å². The molecular weight excluding hydrogens is 246 g/mol. The van der Waals surface area contributed by atoms with Crippen molar-refractivity contribution in [2.75, 3.05) is 13.6 Å². The van der Waals surface area contributed by atoms with Crippen molar-refractivity contribution in [2.45, 2.75) is 59.1 Å². The Kier molecular flexibility index (Phi) is 6.22. The molecule has 0 amide bonds. The summed E-state index contributed by atoms with van der Waals surface area (Å²) in [6.45, 7) is 11.7. The second kappa shape index (κ2) is 7.24. The number of likely N-dealkylation sites (N-methyl/N-ethyl adjacent to an activating group) is 1. The van der Waals surface area contributed by atoms with Gasteiger partial charge in [0.1, 0.15) is 0 Å². The molecule has 1 atom stereocenters. The Morgan fingerprint density at radius 3 is 2.15 bits per heavy atom. The summed E-state index contributed by atoms with van der Waals surface area (Å²) in [5.74, 6) is 0.669. The molecule has 1 aromatic rings. The normalized spacial score (nSPS) is 14.1. The quantitative estimate of drug-likeness (QED) is 0.813. The fourth-order valence-electron chi connectivity index (χ4n) is 2.23. The number of hydrogen-bond donors (Lipinski definition) is 1. The van der Waals surface area contributed by atoms with Gasteiger partial charge >= 0.3 is 0 Å². The highest BCUT2D eigenvalue weighted by atomic mass is 16.3. The molecule has 0 aliphatic rings. The Morgan fingerprint density at radius 2 is 1.70 bits per heavy atom. The van der Waals surface area contributed by atoms with E-state index < -0.39 is 6.10 Å². The summed E-state index contributed by atoms with van der Waals surface area (Å²) in [7, 11) is 2.08. The largest absolute Gasteiger partial charge is 0.387 e. The van der Waals surface area contributed by atoms with Gasteiger partial charge in [0.05, 0.1) is 6.10 Å². The lowest BCUT2D eigenvalue weighted by atomic mass is 9.97. The zero-order chi connectivity index (χ0) is 15.3. The first kappa shape index (κ1) is 17.2. The fraction of sp³-hybridized carbons (Fsp3) is 0.667. The van der Waals surface area contributed by atoms with Crippen molar-refractivity contribution in [1.82, 2.24) is 4.90 Å². The number of β-amino-alcohol motifs (C(OH)–C–C–N with tert-alkyl or cyclic N) is 1. The van der Waals surface area contributed by atoms with Crippen molar-refractivity contribution in [2.24, 2.45) is 5.92 Å². The van der Waals surface area contributed by atoms with Gasteiger partial charge in [-0.15, -0.1) is 0 Å². The third-order valence-corrected chi connectivity index (χ3v) is 4.35. The Labute approximate surface area is 124 Å². The predicted molar refractivity (Wildman–Crippen MR) is 86.9 cm³/mol. The molecule has 20 heavy (non-hydrogen) atoms. The third-order valence-electron chi connectivity index (χ3n) is 4.35. The maximum Gasteiger partial charge on any atom is 0.0917 e. The molecule has 0 saturated heterocycles. The summed E-state index contributed by atoms with van der Waals surface area (Å²) >= 11 is 0. The molecule has 2 heteroatoms. The maximum absolute atomic E-state index is 10.4. The summed E-state index contributed by atoms with van der Waals surface area (Å²) in [6, 6.07) is 8.41. The van der Waals surface area contributed by atoms with Gasteiger partial charge < -0.3 is 5.11 Å². The van der Waals surface area contributed by atoms with Gasteiger partial charge in [-0.1, -0.05) is 45.0 Å². The van der Waals surface area contributed by atoms with Gasteiger partial charge in [-0.3, -0.25) is 4.90 Å². The van der Waals surface area contributed by atoms with Gasteiger partial charge in [0, 0.05) is 12.1 Å². The van der Waals surface area contributed by atoms with Crippen molar-refractivity contribution < 1.29 is 5.11 Å². The fourth-order valence-corrected chi connectivity index (χ4v) is 2.23. The number of aliphatic hydroxyl groups is 1. The van der Waals surface area contributed by atoms with E-state index in [1.54, 1.807) is 0 Å². The minimum atomic E-state index is -0.418. The van der Waals surface area contributed by atoms with E-state index >= 15 is 0 Å². The standard InChI is InChI=1S/C18H31NO/c1-7-18(4,5)19(6)13-17(20)16-10-8-15(9-11-16)12-14(2)3/h8-11,14,17,20H,7,12-13H2,1-6H3. The molecule has 0 spiro atoms. The van der Waals surface area contributed by atoms with E-state index in [2.05, 4.69) is 70.8 Å². The van der Waals surface area contributed by atoms with Gasteiger partial charge in [-0.05, 0) is 50.8 Å². The van der Waals surface area contributed by atoms with Crippen LogP contribution in [0.2, 0.25) is 0 Å². The molecule has 0 fully saturated rings. The Balaban J connectivity index is 2.66. The Hall–Kier alpha value is -0.860. The molecule has 0 bridgehead atoms. The van der Waals surface area contributed by atoms with Gasteiger partial charge in [0.15, 0.2) is 0 Å². The Bertz CT molecular complexity index is 394. The highest BCUT2D eigenvalue weighted by Gasteiger charge is 2.23. The molecule has 0 aliphatic heterocycles. The van der Waals surface area contributed by atoms with Crippen molar-refractivity contribution in [3.05, 3.63) is 35.4 Å². The number of nitrogens with zero attached hydrogens (tertiary/aromatic N) is 1. The van der Waals surface area contributed by atoms with E-state index in [-0.39, 0.29) is 5.54 Å². The van der Waals surface area contributed by atoms with E-state index in [1.807, 2.05) is 0 Å². The van der Waals surface area contributed by atoms with Crippen LogP contribution in [0.15, 0.2) is 24.3 Å². The molecule has 1 rings (SSSR count). The van der Waals surface area contributed by atoms with Crippen LogP contribution in [0.25, 0.3) is 0 Å². The molecular formula is C18H31NO. The summed E-state index contributed by atoms with van der Waals surface area (Å²) in [6.07, 6.45) is 1.75. The highest BCUT2D eigenvalue weighted by molar-refractivity contribution is 5.24. The Morgan fingerprint density at radius 1 is 1.15 bits per heavy atom. The average Bonchev–Trinajstić information content (AvgIpc) is 2.38.